The lowest BCUT2D eigenvalue weighted by Crippen LogP contribution is -2.55. The van der Waals surface area contributed by atoms with Crippen molar-refractivity contribution >= 4 is 27.6 Å². The van der Waals surface area contributed by atoms with Crippen LogP contribution in [0.2, 0.25) is 0 Å². The lowest BCUT2D eigenvalue weighted by molar-refractivity contribution is -0.139. The number of pyridine rings is 2. The highest BCUT2D eigenvalue weighted by Gasteiger charge is 2.35. The molecular formula is C23H22F3N5O4S. The zero-order chi connectivity index (χ0) is 26.1. The summed E-state index contributed by atoms with van der Waals surface area (Å²) < 4.78 is 69.3. The topological polar surface area (TPSA) is 125 Å². The number of nitrogens with one attached hydrogen (secondary N) is 2. The Labute approximate surface area is 205 Å². The lowest BCUT2D eigenvalue weighted by Gasteiger charge is -2.34. The second-order valence-corrected chi connectivity index (χ2v) is 9.73. The van der Waals surface area contributed by atoms with Gasteiger partial charge in [-0.1, -0.05) is 30.3 Å². The highest BCUT2D eigenvalue weighted by molar-refractivity contribution is 7.92. The first-order valence-electron chi connectivity index (χ1n) is 10.8. The van der Waals surface area contributed by atoms with Crippen molar-refractivity contribution in [1.82, 2.24) is 15.3 Å². The molecule has 0 radical (unpaired) electrons. The largest absolute Gasteiger partial charge is 0.480 e. The van der Waals surface area contributed by atoms with Crippen LogP contribution in [0.5, 0.6) is 0 Å². The van der Waals surface area contributed by atoms with Crippen molar-refractivity contribution in [3.05, 3.63) is 65.7 Å². The maximum absolute atomic E-state index is 13.7. The highest BCUT2D eigenvalue weighted by atomic mass is 32.2. The maximum atomic E-state index is 13.7. The highest BCUT2D eigenvalue weighted by Crippen LogP contribution is 2.38. The number of anilines is 2. The first-order valence-corrected chi connectivity index (χ1v) is 12.3. The average molecular weight is 522 g/mol. The predicted molar refractivity (Wildman–Crippen MR) is 126 cm³/mol. The molecule has 1 aromatic carbocycles. The Morgan fingerprint density at radius 2 is 1.86 bits per heavy atom. The summed E-state index contributed by atoms with van der Waals surface area (Å²) in [7, 11) is -4.36. The molecule has 1 saturated heterocycles. The van der Waals surface area contributed by atoms with Crippen LogP contribution in [0.1, 0.15) is 11.1 Å². The van der Waals surface area contributed by atoms with E-state index in [9.17, 15) is 31.5 Å². The van der Waals surface area contributed by atoms with Gasteiger partial charge in [-0.15, -0.1) is 0 Å². The van der Waals surface area contributed by atoms with Crippen LogP contribution in [0.4, 0.5) is 24.8 Å². The van der Waals surface area contributed by atoms with Crippen molar-refractivity contribution in [2.24, 2.45) is 0 Å². The Morgan fingerprint density at radius 1 is 1.11 bits per heavy atom. The number of alkyl halides is 3. The van der Waals surface area contributed by atoms with Gasteiger partial charge < -0.3 is 15.3 Å². The number of sulfonamides is 1. The predicted octanol–water partition coefficient (Wildman–Crippen LogP) is 3.13. The third-order valence-corrected chi connectivity index (χ3v) is 6.90. The first kappa shape index (κ1) is 25.4. The lowest BCUT2D eigenvalue weighted by atomic mass is 10.0. The van der Waals surface area contributed by atoms with Crippen molar-refractivity contribution < 1.29 is 31.5 Å². The minimum absolute atomic E-state index is 0.146. The first-order chi connectivity index (χ1) is 17.0. The zero-order valence-electron chi connectivity index (χ0n) is 19.0. The van der Waals surface area contributed by atoms with Crippen molar-refractivity contribution in [1.29, 1.82) is 0 Å². The molecule has 13 heteroatoms. The Kier molecular flexibility index (Phi) is 6.87. The summed E-state index contributed by atoms with van der Waals surface area (Å²) >= 11 is 0. The number of hydrogen-bond donors (Lipinski definition) is 3. The standard InChI is InChI=1S/C23H22F3N5O4S/c1-14-5-2-3-6-15(14)21-16(23(24,25)26)9-10-18(28-21)30-36(34,35)20-8-4-7-19(29-20)31-12-11-27-13-17(31)22(32)33/h2-10,17,27H,11-13H2,1H3,(H,28,30)(H,32,33)/t17-/m0/s1. The molecule has 0 unspecified atom stereocenters. The molecule has 0 saturated carbocycles. The normalized spacial score (nSPS) is 16.6. The van der Waals surface area contributed by atoms with Gasteiger partial charge in [-0.3, -0.25) is 4.72 Å². The van der Waals surface area contributed by atoms with Crippen molar-refractivity contribution in [3.63, 3.8) is 0 Å². The fraction of sp³-hybridized carbons (Fsp3) is 0.261. The molecule has 9 nitrogen and oxygen atoms in total. The maximum Gasteiger partial charge on any atom is 0.418 e. The summed E-state index contributed by atoms with van der Waals surface area (Å²) in [6.07, 6.45) is -4.71. The molecule has 4 rings (SSSR count). The molecule has 3 N–H and O–H groups in total. The molecule has 3 heterocycles. The number of piperazine rings is 1. The minimum atomic E-state index is -4.71. The molecule has 0 amide bonds. The zero-order valence-corrected chi connectivity index (χ0v) is 19.8. The van der Waals surface area contributed by atoms with Gasteiger partial charge in [-0.25, -0.2) is 14.8 Å². The number of aliphatic carboxylic acids is 1. The van der Waals surface area contributed by atoms with Gasteiger partial charge in [0.2, 0.25) is 0 Å². The van der Waals surface area contributed by atoms with Gasteiger partial charge in [0.15, 0.2) is 5.03 Å². The number of halogens is 3. The second-order valence-electron chi connectivity index (χ2n) is 8.10. The number of carboxylic acids is 1. The fourth-order valence-electron chi connectivity index (χ4n) is 3.89. The van der Waals surface area contributed by atoms with Gasteiger partial charge in [-0.2, -0.15) is 21.6 Å². The summed E-state index contributed by atoms with van der Waals surface area (Å²) in [4.78, 5) is 21.2. The van der Waals surface area contributed by atoms with E-state index in [2.05, 4.69) is 20.0 Å². The van der Waals surface area contributed by atoms with E-state index in [0.717, 1.165) is 12.1 Å². The van der Waals surface area contributed by atoms with Crippen LogP contribution in [-0.2, 0) is 21.0 Å². The van der Waals surface area contributed by atoms with Crippen LogP contribution in [0.15, 0.2) is 59.6 Å². The van der Waals surface area contributed by atoms with Crippen molar-refractivity contribution in [2.75, 3.05) is 29.3 Å². The number of nitrogens with zero attached hydrogens (tertiary/aromatic N) is 3. The number of carboxylic acid groups (broad SMARTS) is 1. The Bertz CT molecular complexity index is 1400. The summed E-state index contributed by atoms with van der Waals surface area (Å²) in [6.45, 7) is 2.56. The van der Waals surface area contributed by atoms with Crippen molar-refractivity contribution in [2.45, 2.75) is 24.2 Å². The molecular weight excluding hydrogens is 499 g/mol. The number of hydrogen-bond acceptors (Lipinski definition) is 7. The molecule has 1 fully saturated rings. The number of aryl methyl sites for hydroxylation is 1. The van der Waals surface area contributed by atoms with Crippen LogP contribution in [0.25, 0.3) is 11.3 Å². The Hall–Kier alpha value is -3.71. The average Bonchev–Trinajstić information content (AvgIpc) is 2.83. The quantitative estimate of drug-likeness (QED) is 0.452. The van der Waals surface area contributed by atoms with E-state index in [1.807, 2.05) is 0 Å². The fourth-order valence-corrected chi connectivity index (χ4v) is 4.86. The van der Waals surface area contributed by atoms with E-state index in [4.69, 9.17) is 0 Å². The van der Waals surface area contributed by atoms with E-state index in [0.29, 0.717) is 18.7 Å². The Balaban J connectivity index is 1.69. The van der Waals surface area contributed by atoms with Crippen LogP contribution < -0.4 is 14.9 Å². The van der Waals surface area contributed by atoms with Crippen molar-refractivity contribution in [3.8, 4) is 11.3 Å². The molecule has 36 heavy (non-hydrogen) atoms. The molecule has 2 aromatic heterocycles. The van der Waals surface area contributed by atoms with E-state index in [1.165, 1.54) is 29.2 Å². The number of rotatable bonds is 6. The third kappa shape index (κ3) is 5.26. The summed E-state index contributed by atoms with van der Waals surface area (Å²) in [5, 5.41) is 12.0. The van der Waals surface area contributed by atoms with E-state index in [-0.39, 0.29) is 23.7 Å². The van der Waals surface area contributed by atoms with E-state index < -0.39 is 44.5 Å². The molecule has 0 bridgehead atoms. The molecule has 0 spiro atoms. The van der Waals surface area contributed by atoms with Gasteiger partial charge in [-0.05, 0) is 36.8 Å². The van der Waals surface area contributed by atoms with Crippen LogP contribution in [0, 0.1) is 6.92 Å². The van der Waals surface area contributed by atoms with Gasteiger partial charge in [0.05, 0.1) is 11.3 Å². The third-order valence-electron chi connectivity index (χ3n) is 5.65. The second kappa shape index (κ2) is 9.74. The number of carbonyl (C=O) groups is 1. The number of aromatic nitrogens is 2. The van der Waals surface area contributed by atoms with Crippen LogP contribution >= 0.6 is 0 Å². The monoisotopic (exact) mass is 521 g/mol. The summed E-state index contributed by atoms with van der Waals surface area (Å²) in [5.41, 5.74) is -0.663. The van der Waals surface area contributed by atoms with E-state index >= 15 is 0 Å². The van der Waals surface area contributed by atoms with E-state index in [1.54, 1.807) is 25.1 Å². The molecule has 190 valence electrons. The molecule has 1 atom stereocenters. The smallest absolute Gasteiger partial charge is 0.418 e. The van der Waals surface area contributed by atoms with Gasteiger partial charge >= 0.3 is 12.1 Å². The Morgan fingerprint density at radius 3 is 2.56 bits per heavy atom. The molecule has 1 aliphatic heterocycles. The molecule has 1 aliphatic rings. The molecule has 3 aromatic rings. The van der Waals surface area contributed by atoms with Crippen LogP contribution in [-0.4, -0.2) is 55.1 Å². The summed E-state index contributed by atoms with van der Waals surface area (Å²) in [6, 6.07) is 11.2. The SMILES string of the molecule is Cc1ccccc1-c1nc(NS(=O)(=O)c2cccc(N3CCNC[C@H]3C(=O)O)n2)ccc1C(F)(F)F. The summed E-state index contributed by atoms with van der Waals surface area (Å²) in [5.74, 6) is -1.26. The van der Waals surface area contributed by atoms with Crippen LogP contribution in [0.3, 0.4) is 0 Å². The minimum Gasteiger partial charge on any atom is -0.480 e. The number of benzene rings is 1. The molecule has 0 aliphatic carbocycles. The van der Waals surface area contributed by atoms with Gasteiger partial charge in [0.25, 0.3) is 10.0 Å². The van der Waals surface area contributed by atoms with Gasteiger partial charge in [0, 0.05) is 25.2 Å². The van der Waals surface area contributed by atoms with Gasteiger partial charge in [0.1, 0.15) is 17.7 Å².